The number of ether oxygens (including phenoxy) is 1. The van der Waals surface area contributed by atoms with Crippen molar-refractivity contribution in [2.75, 3.05) is 0 Å². The largest absolute Gasteiger partial charge is 0.439 e. The van der Waals surface area contributed by atoms with Gasteiger partial charge in [0, 0.05) is 6.42 Å². The third-order valence-electron chi connectivity index (χ3n) is 3.89. The molecule has 0 bridgehead atoms. The molecule has 1 aromatic rings. The van der Waals surface area contributed by atoms with Gasteiger partial charge >= 0.3 is 6.09 Å². The molecule has 1 fully saturated rings. The van der Waals surface area contributed by atoms with Gasteiger partial charge in [-0.25, -0.2) is 9.69 Å². The molecule has 0 radical (unpaired) electrons. The molecule has 0 spiro atoms. The minimum Gasteiger partial charge on any atom is -0.439 e. The van der Waals surface area contributed by atoms with Crippen LogP contribution in [-0.4, -0.2) is 22.9 Å². The van der Waals surface area contributed by atoms with Crippen molar-refractivity contribution in [3.8, 4) is 0 Å². The molecular weight excluding hydrogens is 254 g/mol. The molecule has 0 unspecified atom stereocenters. The molecule has 1 aromatic carbocycles. The van der Waals surface area contributed by atoms with E-state index in [2.05, 4.69) is 0 Å². The summed E-state index contributed by atoms with van der Waals surface area (Å²) < 4.78 is 5.37. The van der Waals surface area contributed by atoms with Gasteiger partial charge in [0.1, 0.15) is 6.10 Å². The third-order valence-corrected chi connectivity index (χ3v) is 3.89. The number of nitrogens with zero attached hydrogens (tertiary/aromatic N) is 1. The Balaban J connectivity index is 2.13. The number of hydrogen-bond acceptors (Lipinski definition) is 3. The van der Waals surface area contributed by atoms with E-state index < -0.39 is 6.09 Å². The monoisotopic (exact) mass is 275 g/mol. The first kappa shape index (κ1) is 14.6. The molecule has 108 valence electrons. The van der Waals surface area contributed by atoms with E-state index in [-0.39, 0.29) is 24.0 Å². The van der Waals surface area contributed by atoms with Crippen molar-refractivity contribution in [3.63, 3.8) is 0 Å². The lowest BCUT2D eigenvalue weighted by atomic mass is 10.0. The van der Waals surface area contributed by atoms with Crippen LogP contribution in [0.2, 0.25) is 0 Å². The average molecular weight is 275 g/mol. The first-order chi connectivity index (χ1) is 9.54. The highest BCUT2D eigenvalue weighted by molar-refractivity contribution is 5.93. The fourth-order valence-electron chi connectivity index (χ4n) is 2.42. The number of amides is 2. The fraction of sp³-hybridized carbons (Fsp3) is 0.500. The number of hydrogen-bond donors (Lipinski definition) is 0. The Hall–Kier alpha value is -1.84. The van der Waals surface area contributed by atoms with Crippen LogP contribution in [0, 0.1) is 5.92 Å². The second kappa shape index (κ2) is 6.07. The van der Waals surface area contributed by atoms with Crippen LogP contribution >= 0.6 is 0 Å². The zero-order chi connectivity index (χ0) is 14.7. The molecule has 0 aromatic heterocycles. The minimum absolute atomic E-state index is 0.143. The van der Waals surface area contributed by atoms with Crippen molar-refractivity contribution in [2.45, 2.75) is 45.8 Å². The molecule has 2 amide bonds. The van der Waals surface area contributed by atoms with Crippen molar-refractivity contribution in [3.05, 3.63) is 35.9 Å². The molecule has 1 heterocycles. The Morgan fingerprint density at radius 3 is 2.60 bits per heavy atom. The van der Waals surface area contributed by atoms with Crippen molar-refractivity contribution < 1.29 is 14.3 Å². The molecule has 0 saturated carbocycles. The van der Waals surface area contributed by atoms with Gasteiger partial charge in [0.05, 0.1) is 6.04 Å². The van der Waals surface area contributed by atoms with Gasteiger partial charge < -0.3 is 4.74 Å². The highest BCUT2D eigenvalue weighted by Gasteiger charge is 2.43. The number of carbonyl (C=O) groups excluding carboxylic acids is 2. The predicted octanol–water partition coefficient (Wildman–Crippen LogP) is 3.53. The molecule has 4 nitrogen and oxygen atoms in total. The quantitative estimate of drug-likeness (QED) is 0.844. The Morgan fingerprint density at radius 2 is 2.00 bits per heavy atom. The van der Waals surface area contributed by atoms with Crippen molar-refractivity contribution in [1.29, 1.82) is 0 Å². The van der Waals surface area contributed by atoms with E-state index in [9.17, 15) is 9.59 Å². The first-order valence-corrected chi connectivity index (χ1v) is 7.12. The topological polar surface area (TPSA) is 46.6 Å². The Kier molecular flexibility index (Phi) is 4.42. The molecule has 0 aliphatic carbocycles. The molecule has 1 saturated heterocycles. The lowest BCUT2D eigenvalue weighted by molar-refractivity contribution is -0.130. The molecule has 1 aliphatic heterocycles. The number of benzene rings is 1. The van der Waals surface area contributed by atoms with Gasteiger partial charge in [-0.05, 0) is 18.4 Å². The van der Waals surface area contributed by atoms with Crippen LogP contribution < -0.4 is 0 Å². The number of imide groups is 1. The van der Waals surface area contributed by atoms with E-state index in [1.807, 2.05) is 51.1 Å². The van der Waals surface area contributed by atoms with Crippen LogP contribution in [-0.2, 0) is 9.53 Å². The summed E-state index contributed by atoms with van der Waals surface area (Å²) >= 11 is 0. The van der Waals surface area contributed by atoms with Gasteiger partial charge in [0.2, 0.25) is 5.91 Å². The van der Waals surface area contributed by atoms with Crippen molar-refractivity contribution in [2.24, 2.45) is 5.92 Å². The van der Waals surface area contributed by atoms with Gasteiger partial charge in [-0.1, -0.05) is 50.6 Å². The summed E-state index contributed by atoms with van der Waals surface area (Å²) in [5.74, 6) is 0.133. The van der Waals surface area contributed by atoms with E-state index in [0.29, 0.717) is 6.42 Å². The summed E-state index contributed by atoms with van der Waals surface area (Å²) in [6.45, 7) is 5.91. The van der Waals surface area contributed by atoms with Crippen LogP contribution in [0.1, 0.15) is 45.3 Å². The smallest absolute Gasteiger partial charge is 0.417 e. The fourth-order valence-corrected chi connectivity index (χ4v) is 2.42. The van der Waals surface area contributed by atoms with Gasteiger partial charge in [0.25, 0.3) is 0 Å². The summed E-state index contributed by atoms with van der Waals surface area (Å²) in [7, 11) is 0. The summed E-state index contributed by atoms with van der Waals surface area (Å²) in [6, 6.07) is 9.28. The maximum atomic E-state index is 12.2. The van der Waals surface area contributed by atoms with Crippen molar-refractivity contribution >= 4 is 12.0 Å². The molecule has 1 aliphatic rings. The van der Waals surface area contributed by atoms with Crippen LogP contribution in [0.4, 0.5) is 4.79 Å². The zero-order valence-electron chi connectivity index (χ0n) is 12.2. The summed E-state index contributed by atoms with van der Waals surface area (Å²) in [5.41, 5.74) is 0.923. The SMILES string of the molecule is CC[C@H](C)CC(=O)N1C(=O)O[C@H](c2ccccc2)[C@H]1C. The van der Waals surface area contributed by atoms with Gasteiger partial charge in [-0.2, -0.15) is 0 Å². The maximum absolute atomic E-state index is 12.2. The third kappa shape index (κ3) is 2.84. The molecule has 2 rings (SSSR count). The number of cyclic esters (lactones) is 1. The highest BCUT2D eigenvalue weighted by Crippen LogP contribution is 2.33. The molecular formula is C16H21NO3. The van der Waals surface area contributed by atoms with E-state index in [1.54, 1.807) is 0 Å². The highest BCUT2D eigenvalue weighted by atomic mass is 16.6. The van der Waals surface area contributed by atoms with Crippen LogP contribution in [0.3, 0.4) is 0 Å². The predicted molar refractivity (Wildman–Crippen MR) is 76.0 cm³/mol. The van der Waals surface area contributed by atoms with Crippen LogP contribution in [0.5, 0.6) is 0 Å². The van der Waals surface area contributed by atoms with Crippen LogP contribution in [0.15, 0.2) is 30.3 Å². The van der Waals surface area contributed by atoms with Gasteiger partial charge in [0.15, 0.2) is 0 Å². The first-order valence-electron chi connectivity index (χ1n) is 7.12. The number of carbonyl (C=O) groups is 2. The Labute approximate surface area is 119 Å². The molecule has 20 heavy (non-hydrogen) atoms. The average Bonchev–Trinajstić information content (AvgIpc) is 2.74. The zero-order valence-corrected chi connectivity index (χ0v) is 12.2. The van der Waals surface area contributed by atoms with E-state index in [0.717, 1.165) is 12.0 Å². The molecule has 4 heteroatoms. The van der Waals surface area contributed by atoms with Crippen molar-refractivity contribution in [1.82, 2.24) is 4.90 Å². The van der Waals surface area contributed by atoms with E-state index in [1.165, 1.54) is 4.90 Å². The standard InChI is InChI=1S/C16H21NO3/c1-4-11(2)10-14(18)17-12(3)15(20-16(17)19)13-8-6-5-7-9-13/h5-9,11-12,15H,4,10H2,1-3H3/t11-,12+,15-/m0/s1. The normalized spacial score (nSPS) is 23.6. The summed E-state index contributed by atoms with van der Waals surface area (Å²) in [4.78, 5) is 25.5. The Morgan fingerprint density at radius 1 is 1.35 bits per heavy atom. The minimum atomic E-state index is -0.528. The lowest BCUT2D eigenvalue weighted by Crippen LogP contribution is -2.38. The lowest BCUT2D eigenvalue weighted by Gasteiger charge is -2.20. The maximum Gasteiger partial charge on any atom is 0.417 e. The second-order valence-corrected chi connectivity index (χ2v) is 5.44. The van der Waals surface area contributed by atoms with Gasteiger partial charge in [-0.15, -0.1) is 0 Å². The van der Waals surface area contributed by atoms with Gasteiger partial charge in [-0.3, -0.25) is 4.79 Å². The second-order valence-electron chi connectivity index (χ2n) is 5.44. The summed E-state index contributed by atoms with van der Waals surface area (Å²) in [6.07, 6.45) is 0.409. The Bertz CT molecular complexity index is 486. The van der Waals surface area contributed by atoms with E-state index >= 15 is 0 Å². The summed E-state index contributed by atoms with van der Waals surface area (Å²) in [5, 5.41) is 0. The number of rotatable bonds is 4. The molecule has 0 N–H and O–H groups in total. The molecule has 3 atom stereocenters. The van der Waals surface area contributed by atoms with E-state index in [4.69, 9.17) is 4.74 Å². The van der Waals surface area contributed by atoms with Crippen LogP contribution in [0.25, 0.3) is 0 Å².